The minimum absolute atomic E-state index is 0.0102. The zero-order valence-electron chi connectivity index (χ0n) is 18.2. The van der Waals surface area contributed by atoms with Gasteiger partial charge in [-0.05, 0) is 50.6 Å². The van der Waals surface area contributed by atoms with E-state index in [-0.39, 0.29) is 30.4 Å². The highest BCUT2D eigenvalue weighted by molar-refractivity contribution is 5.85. The van der Waals surface area contributed by atoms with E-state index < -0.39 is 0 Å². The Balaban J connectivity index is 1.38. The van der Waals surface area contributed by atoms with Crippen molar-refractivity contribution in [3.8, 4) is 5.75 Å². The fourth-order valence-corrected chi connectivity index (χ4v) is 4.15. The van der Waals surface area contributed by atoms with Gasteiger partial charge in [0.1, 0.15) is 17.1 Å². The predicted molar refractivity (Wildman–Crippen MR) is 119 cm³/mol. The molecule has 1 aliphatic heterocycles. The third kappa shape index (κ3) is 4.85. The summed E-state index contributed by atoms with van der Waals surface area (Å²) < 4.78 is 19.1. The second-order valence-corrected chi connectivity index (χ2v) is 8.37. The van der Waals surface area contributed by atoms with Gasteiger partial charge in [0.2, 0.25) is 0 Å². The van der Waals surface area contributed by atoms with E-state index in [0.717, 1.165) is 35.2 Å². The Morgan fingerprint density at radius 3 is 2.61 bits per heavy atom. The molecule has 0 N–H and O–H groups in total. The first-order valence-corrected chi connectivity index (χ1v) is 10.7. The fourth-order valence-electron chi connectivity index (χ4n) is 4.15. The molecule has 0 bridgehead atoms. The van der Waals surface area contributed by atoms with Crippen LogP contribution in [0.15, 0.2) is 54.6 Å². The first-order chi connectivity index (χ1) is 14.9. The number of aromatic nitrogens is 1. The molecule has 0 radical (unpaired) electrons. The summed E-state index contributed by atoms with van der Waals surface area (Å²) in [5.74, 6) is 0.382. The van der Waals surface area contributed by atoms with Gasteiger partial charge in [0.25, 0.3) is 5.91 Å². The van der Waals surface area contributed by atoms with Crippen LogP contribution in [0.3, 0.4) is 0 Å². The van der Waals surface area contributed by atoms with Crippen LogP contribution in [0.2, 0.25) is 0 Å². The van der Waals surface area contributed by atoms with Crippen molar-refractivity contribution in [2.45, 2.75) is 39.4 Å². The standard InChI is InChI=1S/C25H28FN3O2/c1-17-7-10-21-5-4-6-23(25(21)27-17)31-16-24(30)29-14-18(2)28(13-19(29)3)15-20-8-11-22(26)12-9-20/h4-12,18-19H,13-16H2,1-3H3. The summed E-state index contributed by atoms with van der Waals surface area (Å²) in [6.45, 7) is 8.25. The molecule has 3 aromatic rings. The summed E-state index contributed by atoms with van der Waals surface area (Å²) in [6.07, 6.45) is 0. The number of piperazine rings is 1. The zero-order valence-corrected chi connectivity index (χ0v) is 18.2. The Hall–Kier alpha value is -2.99. The number of hydrogen-bond donors (Lipinski definition) is 0. The average Bonchev–Trinajstić information content (AvgIpc) is 2.76. The lowest BCUT2D eigenvalue weighted by molar-refractivity contribution is -0.139. The molecule has 0 saturated carbocycles. The lowest BCUT2D eigenvalue weighted by Gasteiger charge is -2.44. The summed E-state index contributed by atoms with van der Waals surface area (Å²) >= 11 is 0. The monoisotopic (exact) mass is 421 g/mol. The van der Waals surface area contributed by atoms with Gasteiger partial charge in [-0.15, -0.1) is 0 Å². The quantitative estimate of drug-likeness (QED) is 0.620. The van der Waals surface area contributed by atoms with E-state index >= 15 is 0 Å². The Labute approximate surface area is 182 Å². The second kappa shape index (κ2) is 9.02. The van der Waals surface area contributed by atoms with E-state index in [1.807, 2.05) is 54.3 Å². The minimum Gasteiger partial charge on any atom is -0.481 e. The van der Waals surface area contributed by atoms with Gasteiger partial charge in [-0.3, -0.25) is 9.69 Å². The van der Waals surface area contributed by atoms with Gasteiger partial charge in [0, 0.05) is 42.8 Å². The van der Waals surface area contributed by atoms with Gasteiger partial charge in [-0.1, -0.05) is 30.3 Å². The molecule has 1 aliphatic rings. The van der Waals surface area contributed by atoms with Crippen molar-refractivity contribution >= 4 is 16.8 Å². The van der Waals surface area contributed by atoms with Crippen molar-refractivity contribution in [1.29, 1.82) is 0 Å². The molecule has 2 atom stereocenters. The number of rotatable bonds is 5. The van der Waals surface area contributed by atoms with Crippen LogP contribution in [0.25, 0.3) is 10.9 Å². The number of aryl methyl sites for hydroxylation is 1. The lowest BCUT2D eigenvalue weighted by Crippen LogP contribution is -2.58. The van der Waals surface area contributed by atoms with Crippen LogP contribution < -0.4 is 4.74 Å². The highest BCUT2D eigenvalue weighted by atomic mass is 19.1. The number of pyridine rings is 1. The highest BCUT2D eigenvalue weighted by Gasteiger charge is 2.32. The lowest BCUT2D eigenvalue weighted by atomic mass is 10.1. The number of fused-ring (bicyclic) bond motifs is 1. The van der Waals surface area contributed by atoms with Crippen molar-refractivity contribution in [3.63, 3.8) is 0 Å². The predicted octanol–water partition coefficient (Wildman–Crippen LogP) is 4.18. The molecular weight excluding hydrogens is 393 g/mol. The Morgan fingerprint density at radius 1 is 1.06 bits per heavy atom. The van der Waals surface area contributed by atoms with E-state index in [1.165, 1.54) is 12.1 Å². The van der Waals surface area contributed by atoms with Crippen LogP contribution in [0.1, 0.15) is 25.1 Å². The molecule has 0 spiro atoms. The van der Waals surface area contributed by atoms with E-state index in [2.05, 4.69) is 23.7 Å². The highest BCUT2D eigenvalue weighted by Crippen LogP contribution is 2.24. The van der Waals surface area contributed by atoms with Gasteiger partial charge < -0.3 is 9.64 Å². The zero-order chi connectivity index (χ0) is 22.0. The van der Waals surface area contributed by atoms with Crippen molar-refractivity contribution < 1.29 is 13.9 Å². The summed E-state index contributed by atoms with van der Waals surface area (Å²) in [5, 5.41) is 0.993. The topological polar surface area (TPSA) is 45.7 Å². The molecule has 4 rings (SSSR count). The van der Waals surface area contributed by atoms with Crippen LogP contribution in [0.5, 0.6) is 5.75 Å². The van der Waals surface area contributed by atoms with Crippen LogP contribution >= 0.6 is 0 Å². The van der Waals surface area contributed by atoms with E-state index in [9.17, 15) is 9.18 Å². The second-order valence-electron chi connectivity index (χ2n) is 8.37. The number of carbonyl (C=O) groups is 1. The molecule has 1 fully saturated rings. The molecule has 31 heavy (non-hydrogen) atoms. The third-order valence-corrected chi connectivity index (χ3v) is 5.91. The fraction of sp³-hybridized carbons (Fsp3) is 0.360. The molecule has 6 heteroatoms. The maximum Gasteiger partial charge on any atom is 0.260 e. The van der Waals surface area contributed by atoms with Crippen LogP contribution in [0.4, 0.5) is 4.39 Å². The molecule has 2 heterocycles. The van der Waals surface area contributed by atoms with Crippen LogP contribution in [-0.4, -0.2) is 52.5 Å². The molecule has 0 aliphatic carbocycles. The number of nitrogens with zero attached hydrogens (tertiary/aromatic N) is 3. The number of hydrogen-bond acceptors (Lipinski definition) is 4. The van der Waals surface area contributed by atoms with E-state index in [1.54, 1.807) is 0 Å². The average molecular weight is 422 g/mol. The number of para-hydroxylation sites is 1. The molecule has 1 saturated heterocycles. The Morgan fingerprint density at radius 2 is 1.84 bits per heavy atom. The molecule has 1 aromatic heterocycles. The first-order valence-electron chi connectivity index (χ1n) is 10.7. The van der Waals surface area contributed by atoms with Gasteiger partial charge in [-0.2, -0.15) is 0 Å². The van der Waals surface area contributed by atoms with Gasteiger partial charge in [0.15, 0.2) is 6.61 Å². The third-order valence-electron chi connectivity index (χ3n) is 5.91. The largest absolute Gasteiger partial charge is 0.481 e. The van der Waals surface area contributed by atoms with Gasteiger partial charge in [0.05, 0.1) is 0 Å². The normalized spacial score (nSPS) is 19.5. The van der Waals surface area contributed by atoms with Crippen molar-refractivity contribution in [2.75, 3.05) is 19.7 Å². The van der Waals surface area contributed by atoms with Crippen LogP contribution in [-0.2, 0) is 11.3 Å². The summed E-state index contributed by atoms with van der Waals surface area (Å²) in [6, 6.07) is 16.6. The summed E-state index contributed by atoms with van der Waals surface area (Å²) in [7, 11) is 0. The van der Waals surface area contributed by atoms with E-state index in [4.69, 9.17) is 4.74 Å². The number of halogens is 1. The summed E-state index contributed by atoms with van der Waals surface area (Å²) in [4.78, 5) is 21.8. The summed E-state index contributed by atoms with van der Waals surface area (Å²) in [5.41, 5.74) is 2.76. The maximum atomic E-state index is 13.2. The SMILES string of the molecule is Cc1ccc2cccc(OCC(=O)N3CC(C)N(Cc4ccc(F)cc4)CC3C)c2n1. The first kappa shape index (κ1) is 21.2. The van der Waals surface area contributed by atoms with Crippen molar-refractivity contribution in [1.82, 2.24) is 14.8 Å². The smallest absolute Gasteiger partial charge is 0.260 e. The molecule has 162 valence electrons. The molecule has 1 amide bonds. The van der Waals surface area contributed by atoms with Crippen LogP contribution in [0, 0.1) is 12.7 Å². The maximum absolute atomic E-state index is 13.2. The number of carbonyl (C=O) groups excluding carboxylic acids is 1. The van der Waals surface area contributed by atoms with Crippen molar-refractivity contribution in [3.05, 3.63) is 71.7 Å². The molecular formula is C25H28FN3O2. The van der Waals surface area contributed by atoms with Gasteiger partial charge in [-0.25, -0.2) is 9.37 Å². The minimum atomic E-state index is -0.225. The Bertz CT molecular complexity index is 1070. The molecule has 2 unspecified atom stereocenters. The van der Waals surface area contributed by atoms with E-state index in [0.29, 0.717) is 12.3 Å². The van der Waals surface area contributed by atoms with Gasteiger partial charge >= 0.3 is 0 Å². The number of benzene rings is 2. The number of amides is 1. The molecule has 2 aromatic carbocycles. The molecule has 5 nitrogen and oxygen atoms in total. The number of ether oxygens (including phenoxy) is 1. The van der Waals surface area contributed by atoms with Crippen molar-refractivity contribution in [2.24, 2.45) is 0 Å². The Kier molecular flexibility index (Phi) is 6.18.